The fourth-order valence-electron chi connectivity index (χ4n) is 1.96. The van der Waals surface area contributed by atoms with Gasteiger partial charge in [0.1, 0.15) is 23.0 Å². The second kappa shape index (κ2) is 8.20. The molecule has 0 aliphatic rings. The van der Waals surface area contributed by atoms with Crippen molar-refractivity contribution in [3.8, 4) is 11.5 Å². The summed E-state index contributed by atoms with van der Waals surface area (Å²) in [5, 5.41) is 0.615. The third kappa shape index (κ3) is 4.63. The van der Waals surface area contributed by atoms with Crippen molar-refractivity contribution in [2.45, 2.75) is 4.90 Å². The molecule has 2 rings (SSSR count). The Labute approximate surface area is 155 Å². The second-order valence-electron chi connectivity index (χ2n) is 4.92. The van der Waals surface area contributed by atoms with Crippen LogP contribution in [0, 0.1) is 0 Å². The Bertz CT molecular complexity index is 796. The molecule has 0 N–H and O–H groups in total. The molecule has 0 fully saturated rings. The van der Waals surface area contributed by atoms with Crippen molar-refractivity contribution in [1.82, 2.24) is 4.31 Å². The zero-order valence-corrected chi connectivity index (χ0v) is 16.4. The molecule has 130 valence electrons. The fourth-order valence-corrected chi connectivity index (χ4v) is 3.93. The lowest BCUT2D eigenvalue weighted by molar-refractivity contribution is 0.286. The van der Waals surface area contributed by atoms with Crippen molar-refractivity contribution >= 4 is 37.6 Å². The number of ether oxygens (including phenoxy) is 2. The van der Waals surface area contributed by atoms with Crippen LogP contribution in [0.3, 0.4) is 0 Å². The van der Waals surface area contributed by atoms with Gasteiger partial charge in [-0.3, -0.25) is 0 Å². The van der Waals surface area contributed by atoms with Crippen LogP contribution in [0.25, 0.3) is 0 Å². The summed E-state index contributed by atoms with van der Waals surface area (Å²) in [5.74, 6) is 0.925. The van der Waals surface area contributed by atoms with E-state index in [2.05, 4.69) is 15.9 Å². The molecule has 2 aromatic carbocycles. The van der Waals surface area contributed by atoms with Crippen LogP contribution in [0.4, 0.5) is 0 Å². The molecule has 0 atom stereocenters. The lowest BCUT2D eigenvalue weighted by atomic mass is 10.3. The van der Waals surface area contributed by atoms with Gasteiger partial charge in [0.05, 0.1) is 7.11 Å². The number of hydrogen-bond acceptors (Lipinski definition) is 4. The summed E-state index contributed by atoms with van der Waals surface area (Å²) in [6.45, 7) is 0.411. The number of hydrogen-bond donors (Lipinski definition) is 0. The van der Waals surface area contributed by atoms with Crippen LogP contribution in [-0.4, -0.2) is 40.0 Å². The van der Waals surface area contributed by atoms with Gasteiger partial charge in [-0.25, -0.2) is 8.42 Å². The molecule has 0 bridgehead atoms. The van der Waals surface area contributed by atoms with E-state index in [-0.39, 0.29) is 18.0 Å². The number of methoxy groups -OCH3 is 1. The molecule has 0 unspecified atom stereocenters. The first-order valence-electron chi connectivity index (χ1n) is 7.03. The summed E-state index contributed by atoms with van der Waals surface area (Å²) in [7, 11) is -0.751. The largest absolute Gasteiger partial charge is 0.495 e. The van der Waals surface area contributed by atoms with E-state index in [0.29, 0.717) is 21.0 Å². The van der Waals surface area contributed by atoms with Crippen LogP contribution in [-0.2, 0) is 10.0 Å². The lowest BCUT2D eigenvalue weighted by Gasteiger charge is -2.19. The molecule has 0 radical (unpaired) electrons. The van der Waals surface area contributed by atoms with Gasteiger partial charge in [0.2, 0.25) is 10.0 Å². The molecular formula is C16H17BrClNO4S. The van der Waals surface area contributed by atoms with Gasteiger partial charge in [-0.05, 0) is 42.5 Å². The maximum absolute atomic E-state index is 12.7. The number of rotatable bonds is 7. The minimum atomic E-state index is -3.69. The number of nitrogens with zero attached hydrogens (tertiary/aromatic N) is 1. The highest BCUT2D eigenvalue weighted by atomic mass is 79.9. The molecule has 0 aromatic heterocycles. The number of sulfonamides is 1. The molecule has 0 amide bonds. The van der Waals surface area contributed by atoms with Crippen LogP contribution >= 0.6 is 27.5 Å². The molecule has 0 saturated heterocycles. The Morgan fingerprint density at radius 3 is 2.46 bits per heavy atom. The van der Waals surface area contributed by atoms with Crippen LogP contribution in [0.2, 0.25) is 5.02 Å². The molecule has 0 saturated carbocycles. The van der Waals surface area contributed by atoms with Gasteiger partial charge >= 0.3 is 0 Å². The Morgan fingerprint density at radius 1 is 1.17 bits per heavy atom. The zero-order valence-electron chi connectivity index (χ0n) is 13.2. The minimum absolute atomic E-state index is 0.105. The standard InChI is InChI=1S/C16H17BrClNO4S/c1-19(9-10-23-14-6-4-13(18)5-7-14)24(20,21)16-11-12(17)3-8-15(16)22-2/h3-8,11H,9-10H2,1-2H3. The minimum Gasteiger partial charge on any atom is -0.495 e. The normalized spacial score (nSPS) is 11.5. The van der Waals surface area contributed by atoms with Gasteiger partial charge < -0.3 is 9.47 Å². The Morgan fingerprint density at radius 2 is 1.83 bits per heavy atom. The second-order valence-corrected chi connectivity index (χ2v) is 8.29. The first-order chi connectivity index (χ1) is 11.3. The van der Waals surface area contributed by atoms with E-state index in [1.807, 2.05) is 0 Å². The van der Waals surface area contributed by atoms with Crippen LogP contribution in [0.5, 0.6) is 11.5 Å². The van der Waals surface area contributed by atoms with Crippen molar-refractivity contribution in [2.75, 3.05) is 27.3 Å². The van der Waals surface area contributed by atoms with E-state index in [1.165, 1.54) is 24.5 Å². The third-order valence-electron chi connectivity index (χ3n) is 3.30. The Balaban J connectivity index is 2.06. The molecule has 0 aliphatic carbocycles. The van der Waals surface area contributed by atoms with Crippen molar-refractivity contribution < 1.29 is 17.9 Å². The number of benzene rings is 2. The fraction of sp³-hybridized carbons (Fsp3) is 0.250. The van der Waals surface area contributed by atoms with Crippen LogP contribution in [0.1, 0.15) is 0 Å². The summed E-state index contributed by atoms with van der Waals surface area (Å²) >= 11 is 9.09. The SMILES string of the molecule is COc1ccc(Br)cc1S(=O)(=O)N(C)CCOc1ccc(Cl)cc1. The summed E-state index contributed by atoms with van der Waals surface area (Å²) in [6.07, 6.45) is 0. The quantitative estimate of drug-likeness (QED) is 0.665. The molecule has 2 aromatic rings. The van der Waals surface area contributed by atoms with Gasteiger partial charge in [-0.15, -0.1) is 0 Å². The average molecular weight is 435 g/mol. The van der Waals surface area contributed by atoms with Crippen molar-refractivity contribution in [2.24, 2.45) is 0 Å². The third-order valence-corrected chi connectivity index (χ3v) is 5.93. The summed E-state index contributed by atoms with van der Waals surface area (Å²) in [5.41, 5.74) is 0. The highest BCUT2D eigenvalue weighted by Gasteiger charge is 2.25. The smallest absolute Gasteiger partial charge is 0.246 e. The number of halogens is 2. The summed E-state index contributed by atoms with van der Waals surface area (Å²) in [4.78, 5) is 0.105. The van der Waals surface area contributed by atoms with Gasteiger partial charge in [-0.1, -0.05) is 27.5 Å². The predicted molar refractivity (Wildman–Crippen MR) is 97.5 cm³/mol. The molecule has 24 heavy (non-hydrogen) atoms. The zero-order chi connectivity index (χ0) is 17.7. The Hall–Kier alpha value is -1.28. The average Bonchev–Trinajstić information content (AvgIpc) is 2.56. The molecule has 0 aliphatic heterocycles. The van der Waals surface area contributed by atoms with E-state index >= 15 is 0 Å². The first-order valence-corrected chi connectivity index (χ1v) is 9.64. The van der Waals surface area contributed by atoms with E-state index < -0.39 is 10.0 Å². The highest BCUT2D eigenvalue weighted by molar-refractivity contribution is 9.10. The van der Waals surface area contributed by atoms with Crippen molar-refractivity contribution in [3.05, 3.63) is 52.0 Å². The lowest BCUT2D eigenvalue weighted by Crippen LogP contribution is -2.31. The van der Waals surface area contributed by atoms with Gasteiger partial charge in [0, 0.05) is 23.1 Å². The predicted octanol–water partition coefficient (Wildman–Crippen LogP) is 3.81. The Kier molecular flexibility index (Phi) is 6.51. The van der Waals surface area contributed by atoms with Gasteiger partial charge in [-0.2, -0.15) is 4.31 Å². The topological polar surface area (TPSA) is 55.8 Å². The number of likely N-dealkylation sites (N-methyl/N-ethyl adjacent to an activating group) is 1. The van der Waals surface area contributed by atoms with Crippen molar-refractivity contribution in [1.29, 1.82) is 0 Å². The van der Waals surface area contributed by atoms with Gasteiger partial charge in [0.25, 0.3) is 0 Å². The van der Waals surface area contributed by atoms with Crippen LogP contribution < -0.4 is 9.47 Å². The van der Waals surface area contributed by atoms with Gasteiger partial charge in [0.15, 0.2) is 0 Å². The van der Waals surface area contributed by atoms with E-state index in [9.17, 15) is 8.42 Å². The van der Waals surface area contributed by atoms with Crippen molar-refractivity contribution in [3.63, 3.8) is 0 Å². The first kappa shape index (κ1) is 19.1. The maximum atomic E-state index is 12.7. The molecule has 5 nitrogen and oxygen atoms in total. The van der Waals surface area contributed by atoms with E-state index in [1.54, 1.807) is 36.4 Å². The summed E-state index contributed by atoms with van der Waals surface area (Å²) < 4.78 is 38.0. The monoisotopic (exact) mass is 433 g/mol. The maximum Gasteiger partial charge on any atom is 0.246 e. The molecule has 0 spiro atoms. The van der Waals surface area contributed by atoms with E-state index in [4.69, 9.17) is 21.1 Å². The molecule has 8 heteroatoms. The summed E-state index contributed by atoms with van der Waals surface area (Å²) in [6, 6.07) is 11.7. The van der Waals surface area contributed by atoms with E-state index in [0.717, 1.165) is 0 Å². The molecule has 0 heterocycles. The highest BCUT2D eigenvalue weighted by Crippen LogP contribution is 2.29. The van der Waals surface area contributed by atoms with Crippen LogP contribution in [0.15, 0.2) is 51.8 Å². The molecular weight excluding hydrogens is 418 g/mol.